The van der Waals surface area contributed by atoms with Gasteiger partial charge in [-0.3, -0.25) is 4.79 Å². The van der Waals surface area contributed by atoms with Crippen LogP contribution in [0.25, 0.3) is 16.9 Å². The molecule has 3 heterocycles. The quantitative estimate of drug-likeness (QED) is 0.717. The van der Waals surface area contributed by atoms with E-state index in [4.69, 9.17) is 0 Å². The van der Waals surface area contributed by atoms with Gasteiger partial charge < -0.3 is 5.32 Å². The summed E-state index contributed by atoms with van der Waals surface area (Å²) >= 11 is 1.34. The van der Waals surface area contributed by atoms with E-state index in [0.29, 0.717) is 35.4 Å². The number of nitrogens with one attached hydrogen (secondary N) is 1. The van der Waals surface area contributed by atoms with Crippen LogP contribution in [0.5, 0.6) is 0 Å². The smallest absolute Gasteiger partial charge is 0.340 e. The van der Waals surface area contributed by atoms with Gasteiger partial charge in [0, 0.05) is 22.0 Å². The number of nitrogens with zero attached hydrogens (tertiary/aromatic N) is 4. The molecule has 0 aromatic carbocycles. The predicted molar refractivity (Wildman–Crippen MR) is 95.8 cm³/mol. The summed E-state index contributed by atoms with van der Waals surface area (Å²) in [5.74, 6) is -1.45. The lowest BCUT2D eigenvalue weighted by Crippen LogP contribution is -2.46. The second kappa shape index (κ2) is 6.60. The average molecular weight is 405 g/mol. The second-order valence-corrected chi connectivity index (χ2v) is 7.46. The third kappa shape index (κ3) is 3.22. The Labute approximate surface area is 161 Å². The van der Waals surface area contributed by atoms with Gasteiger partial charge in [-0.25, -0.2) is 9.50 Å². The molecule has 0 spiro atoms. The highest BCUT2D eigenvalue weighted by Gasteiger charge is 2.49. The normalized spacial score (nSPS) is 15.4. The van der Waals surface area contributed by atoms with Crippen molar-refractivity contribution in [2.75, 3.05) is 0 Å². The molecule has 1 unspecified atom stereocenters. The van der Waals surface area contributed by atoms with Crippen molar-refractivity contribution in [3.05, 3.63) is 39.8 Å². The van der Waals surface area contributed by atoms with Gasteiger partial charge in [-0.15, -0.1) is 0 Å². The summed E-state index contributed by atoms with van der Waals surface area (Å²) in [7, 11) is 0. The number of halogens is 3. The molecule has 1 saturated carbocycles. The van der Waals surface area contributed by atoms with Crippen LogP contribution >= 0.6 is 11.3 Å². The first-order chi connectivity index (χ1) is 13.3. The molecule has 1 N–H and O–H groups in total. The van der Waals surface area contributed by atoms with Gasteiger partial charge in [-0.05, 0) is 31.7 Å². The largest absolute Gasteiger partial charge is 0.408 e. The zero-order chi connectivity index (χ0) is 20.1. The lowest BCUT2D eigenvalue weighted by molar-refractivity contribution is -0.158. The molecule has 1 fully saturated rings. The molecule has 3 aromatic heterocycles. The summed E-state index contributed by atoms with van der Waals surface area (Å²) in [6, 6.07) is 1.92. The predicted octanol–water partition coefficient (Wildman–Crippen LogP) is 3.71. The third-order valence-corrected chi connectivity index (χ3v) is 5.43. The molecular formula is C18H14F3N5OS. The summed E-state index contributed by atoms with van der Waals surface area (Å²) in [6.45, 7) is 1.74. The Balaban J connectivity index is 1.74. The van der Waals surface area contributed by atoms with Gasteiger partial charge in [0.15, 0.2) is 5.65 Å². The summed E-state index contributed by atoms with van der Waals surface area (Å²) in [5, 5.41) is 18.9. The van der Waals surface area contributed by atoms with Gasteiger partial charge in [-0.1, -0.05) is 0 Å². The van der Waals surface area contributed by atoms with Crippen molar-refractivity contribution in [3.8, 4) is 17.3 Å². The van der Waals surface area contributed by atoms with E-state index >= 15 is 0 Å². The highest BCUT2D eigenvalue weighted by molar-refractivity contribution is 7.08. The third-order valence-electron chi connectivity index (χ3n) is 4.69. The maximum Gasteiger partial charge on any atom is 0.408 e. The molecule has 0 radical (unpaired) electrons. The standard InChI is InChI=1S/C18H14F3N5OS/c1-9-4-14(13-8-28-7-11(13)5-22)24-16-12(6-23-26(9)16)17(27)25-15(10-2-3-10)18(19,20)21/h4,6-8,10,15H,2-3H2,1H3,(H,25,27). The number of carbonyl (C=O) groups excluding carboxylic acids is 1. The van der Waals surface area contributed by atoms with Crippen LogP contribution in [0.3, 0.4) is 0 Å². The Hall–Kier alpha value is -2.93. The molecule has 6 nitrogen and oxygen atoms in total. The molecule has 0 bridgehead atoms. The molecule has 3 aromatic rings. The lowest BCUT2D eigenvalue weighted by atomic mass is 10.1. The maximum absolute atomic E-state index is 13.2. The van der Waals surface area contributed by atoms with Crippen LogP contribution in [0.1, 0.15) is 34.5 Å². The zero-order valence-corrected chi connectivity index (χ0v) is 15.4. The maximum atomic E-state index is 13.2. The van der Waals surface area contributed by atoms with Crippen LogP contribution in [0, 0.1) is 24.2 Å². The molecule has 0 saturated heterocycles. The van der Waals surface area contributed by atoms with Crippen molar-refractivity contribution in [2.24, 2.45) is 5.92 Å². The number of hydrogen-bond acceptors (Lipinski definition) is 5. The Bertz CT molecular complexity index is 1110. The van der Waals surface area contributed by atoms with Gasteiger partial charge in [0.2, 0.25) is 0 Å². The fourth-order valence-corrected chi connectivity index (χ4v) is 3.88. The Morgan fingerprint density at radius 3 is 2.82 bits per heavy atom. The van der Waals surface area contributed by atoms with E-state index in [1.54, 1.807) is 23.8 Å². The van der Waals surface area contributed by atoms with Crippen molar-refractivity contribution < 1.29 is 18.0 Å². The van der Waals surface area contributed by atoms with Crippen LogP contribution in [0.15, 0.2) is 23.0 Å². The Morgan fingerprint density at radius 2 is 2.18 bits per heavy atom. The molecule has 144 valence electrons. The molecule has 0 aliphatic heterocycles. The van der Waals surface area contributed by atoms with E-state index in [2.05, 4.69) is 21.5 Å². The first kappa shape index (κ1) is 18.4. The Morgan fingerprint density at radius 1 is 1.43 bits per heavy atom. The number of carbonyl (C=O) groups is 1. The van der Waals surface area contributed by atoms with Crippen LogP contribution in [-0.2, 0) is 0 Å². The summed E-state index contributed by atoms with van der Waals surface area (Å²) in [5.41, 5.74) is 2.28. The van der Waals surface area contributed by atoms with E-state index in [0.717, 1.165) is 0 Å². The average Bonchev–Trinajstić information content (AvgIpc) is 3.18. The number of alkyl halides is 3. The number of amides is 1. The molecule has 4 rings (SSSR count). The van der Waals surface area contributed by atoms with Crippen molar-refractivity contribution >= 4 is 22.9 Å². The molecule has 10 heteroatoms. The number of rotatable bonds is 4. The number of thiophene rings is 1. The van der Waals surface area contributed by atoms with Gasteiger partial charge in [0.25, 0.3) is 5.91 Å². The highest BCUT2D eigenvalue weighted by Crippen LogP contribution is 2.40. The summed E-state index contributed by atoms with van der Waals surface area (Å²) < 4.78 is 41.1. The van der Waals surface area contributed by atoms with Crippen molar-refractivity contribution in [1.82, 2.24) is 19.9 Å². The lowest BCUT2D eigenvalue weighted by Gasteiger charge is -2.20. The number of aromatic nitrogens is 3. The SMILES string of the molecule is Cc1cc(-c2cscc2C#N)nc2c(C(=O)NC(C3CC3)C(F)(F)F)cnn12. The van der Waals surface area contributed by atoms with Gasteiger partial charge in [0.05, 0.1) is 17.5 Å². The minimum absolute atomic E-state index is 0.0337. The van der Waals surface area contributed by atoms with E-state index in [1.165, 1.54) is 22.0 Å². The van der Waals surface area contributed by atoms with E-state index in [-0.39, 0.29) is 11.2 Å². The fraction of sp³-hybridized carbons (Fsp3) is 0.333. The van der Waals surface area contributed by atoms with Crippen molar-refractivity contribution in [1.29, 1.82) is 5.26 Å². The first-order valence-corrected chi connectivity index (χ1v) is 9.43. The number of hydrogen-bond donors (Lipinski definition) is 1. The highest BCUT2D eigenvalue weighted by atomic mass is 32.1. The fourth-order valence-electron chi connectivity index (χ4n) is 3.11. The van der Waals surface area contributed by atoms with E-state index in [1.807, 2.05) is 0 Å². The van der Waals surface area contributed by atoms with Crippen LogP contribution in [0.2, 0.25) is 0 Å². The van der Waals surface area contributed by atoms with Crippen LogP contribution < -0.4 is 5.32 Å². The Kier molecular flexibility index (Phi) is 4.34. The van der Waals surface area contributed by atoms with Crippen molar-refractivity contribution in [2.45, 2.75) is 32.0 Å². The number of aryl methyl sites for hydroxylation is 1. The summed E-state index contributed by atoms with van der Waals surface area (Å²) in [6.07, 6.45) is -2.41. The number of fused-ring (bicyclic) bond motifs is 1. The summed E-state index contributed by atoms with van der Waals surface area (Å²) in [4.78, 5) is 17.0. The van der Waals surface area contributed by atoms with Gasteiger partial charge in [-0.2, -0.15) is 34.9 Å². The molecule has 1 amide bonds. The second-order valence-electron chi connectivity index (χ2n) is 6.72. The molecule has 1 aliphatic rings. The molecule has 28 heavy (non-hydrogen) atoms. The van der Waals surface area contributed by atoms with E-state index in [9.17, 15) is 23.2 Å². The first-order valence-electron chi connectivity index (χ1n) is 8.49. The number of nitriles is 1. The molecule has 1 aliphatic carbocycles. The van der Waals surface area contributed by atoms with Gasteiger partial charge >= 0.3 is 6.18 Å². The monoisotopic (exact) mass is 405 g/mol. The van der Waals surface area contributed by atoms with Crippen molar-refractivity contribution in [3.63, 3.8) is 0 Å². The van der Waals surface area contributed by atoms with Crippen LogP contribution in [-0.4, -0.2) is 32.7 Å². The minimum Gasteiger partial charge on any atom is -0.340 e. The molecule has 1 atom stereocenters. The minimum atomic E-state index is -4.51. The topological polar surface area (TPSA) is 83.1 Å². The van der Waals surface area contributed by atoms with Gasteiger partial charge in [0.1, 0.15) is 17.7 Å². The molecular weight excluding hydrogens is 391 g/mol. The zero-order valence-electron chi connectivity index (χ0n) is 14.6. The van der Waals surface area contributed by atoms with E-state index < -0.39 is 24.0 Å². The van der Waals surface area contributed by atoms with Crippen LogP contribution in [0.4, 0.5) is 13.2 Å².